The van der Waals surface area contributed by atoms with Gasteiger partial charge < -0.3 is 14.4 Å². The van der Waals surface area contributed by atoms with E-state index in [4.69, 9.17) is 9.47 Å². The van der Waals surface area contributed by atoms with Crippen molar-refractivity contribution in [3.63, 3.8) is 0 Å². The average Bonchev–Trinajstić information content (AvgIpc) is 3.35. The maximum atomic E-state index is 13.2. The Kier molecular flexibility index (Phi) is 5.15. The third kappa shape index (κ3) is 3.18. The molecule has 3 heterocycles. The molecule has 0 saturated carbocycles. The normalized spacial score (nSPS) is 16.6. The molecular formula is C20H21N3O4S. The van der Waals surface area contributed by atoms with Gasteiger partial charge in [-0.1, -0.05) is 12.1 Å². The van der Waals surface area contributed by atoms with E-state index in [0.29, 0.717) is 29.6 Å². The van der Waals surface area contributed by atoms with Crippen molar-refractivity contribution in [3.05, 3.63) is 51.8 Å². The molecule has 0 radical (unpaired) electrons. The highest BCUT2D eigenvalue weighted by Gasteiger charge is 2.31. The largest absolute Gasteiger partial charge is 0.497 e. The molecule has 28 heavy (non-hydrogen) atoms. The topological polar surface area (TPSA) is 73.1 Å². The van der Waals surface area contributed by atoms with Crippen molar-refractivity contribution in [2.75, 3.05) is 27.4 Å². The molecule has 1 aliphatic heterocycles. The Balaban J connectivity index is 1.78. The maximum Gasteiger partial charge on any atom is 0.271 e. The van der Waals surface area contributed by atoms with Gasteiger partial charge in [0.05, 0.1) is 25.5 Å². The highest BCUT2D eigenvalue weighted by atomic mass is 32.1. The lowest BCUT2D eigenvalue weighted by Gasteiger charge is -2.23. The molecule has 2 aromatic heterocycles. The van der Waals surface area contributed by atoms with Gasteiger partial charge in [0, 0.05) is 30.8 Å². The van der Waals surface area contributed by atoms with Gasteiger partial charge in [0.25, 0.3) is 11.5 Å². The minimum Gasteiger partial charge on any atom is -0.497 e. The third-order valence-corrected chi connectivity index (χ3v) is 5.88. The van der Waals surface area contributed by atoms with Crippen molar-refractivity contribution in [1.82, 2.24) is 14.3 Å². The van der Waals surface area contributed by atoms with Crippen molar-refractivity contribution in [2.45, 2.75) is 18.9 Å². The molecule has 146 valence electrons. The number of methoxy groups -OCH3 is 2. The molecule has 3 aromatic rings. The second-order valence-electron chi connectivity index (χ2n) is 6.70. The summed E-state index contributed by atoms with van der Waals surface area (Å²) in [5.74, 6) is 0.416. The molecule has 1 saturated heterocycles. The van der Waals surface area contributed by atoms with E-state index in [2.05, 4.69) is 4.98 Å². The summed E-state index contributed by atoms with van der Waals surface area (Å²) < 4.78 is 12.0. The first kappa shape index (κ1) is 18.6. The van der Waals surface area contributed by atoms with Gasteiger partial charge >= 0.3 is 0 Å². The van der Waals surface area contributed by atoms with E-state index in [0.717, 1.165) is 18.4 Å². The summed E-state index contributed by atoms with van der Waals surface area (Å²) in [5.41, 5.74) is 1.26. The molecule has 1 unspecified atom stereocenters. The molecular weight excluding hydrogens is 378 g/mol. The van der Waals surface area contributed by atoms with Crippen molar-refractivity contribution in [2.24, 2.45) is 0 Å². The molecule has 0 aliphatic carbocycles. The second-order valence-corrected chi connectivity index (χ2v) is 7.53. The molecule has 8 heteroatoms. The number of carbonyl (C=O) groups excluding carboxylic acids is 1. The lowest BCUT2D eigenvalue weighted by molar-refractivity contribution is 0.0628. The number of carbonyl (C=O) groups is 1. The van der Waals surface area contributed by atoms with Gasteiger partial charge in [0.15, 0.2) is 4.96 Å². The first-order valence-electron chi connectivity index (χ1n) is 9.07. The molecule has 7 nitrogen and oxygen atoms in total. The molecule has 1 aliphatic rings. The predicted octanol–water partition coefficient (Wildman–Crippen LogP) is 2.68. The van der Waals surface area contributed by atoms with Crippen LogP contribution in [-0.2, 0) is 4.74 Å². The number of nitrogens with zero attached hydrogens (tertiary/aromatic N) is 3. The average molecular weight is 399 g/mol. The van der Waals surface area contributed by atoms with Crippen LogP contribution >= 0.6 is 11.3 Å². The number of ether oxygens (including phenoxy) is 2. The fourth-order valence-electron chi connectivity index (χ4n) is 3.65. The summed E-state index contributed by atoms with van der Waals surface area (Å²) in [4.78, 5) is 32.9. The smallest absolute Gasteiger partial charge is 0.271 e. The van der Waals surface area contributed by atoms with Gasteiger partial charge in [-0.05, 0) is 25.0 Å². The van der Waals surface area contributed by atoms with E-state index in [-0.39, 0.29) is 23.1 Å². The van der Waals surface area contributed by atoms with Crippen LogP contribution in [0.2, 0.25) is 0 Å². The van der Waals surface area contributed by atoms with Crippen LogP contribution in [0.25, 0.3) is 16.2 Å². The van der Waals surface area contributed by atoms with E-state index in [1.54, 1.807) is 19.1 Å². The maximum absolute atomic E-state index is 13.2. The number of amides is 1. The van der Waals surface area contributed by atoms with E-state index in [1.165, 1.54) is 21.9 Å². The third-order valence-electron chi connectivity index (χ3n) is 5.04. The van der Waals surface area contributed by atoms with Gasteiger partial charge in [-0.25, -0.2) is 4.98 Å². The number of thiazole rings is 1. The molecule has 4 rings (SSSR count). The van der Waals surface area contributed by atoms with Crippen LogP contribution < -0.4 is 10.3 Å². The van der Waals surface area contributed by atoms with E-state index in [1.807, 2.05) is 29.6 Å². The predicted molar refractivity (Wildman–Crippen MR) is 107 cm³/mol. The summed E-state index contributed by atoms with van der Waals surface area (Å²) in [6, 6.07) is 7.47. The lowest BCUT2D eigenvalue weighted by atomic mass is 10.1. The van der Waals surface area contributed by atoms with Crippen LogP contribution in [0.3, 0.4) is 0 Å². The molecule has 1 atom stereocenters. The Morgan fingerprint density at radius 1 is 1.36 bits per heavy atom. The number of aromatic nitrogens is 2. The molecule has 1 fully saturated rings. The number of fused-ring (bicyclic) bond motifs is 1. The molecule has 0 N–H and O–H groups in total. The standard InChI is InChI=1S/C20H21N3O4S/c1-26-11-14-6-4-8-22(14)18(24)16-10-21-20-23(19(16)25)17(12-28-20)13-5-3-7-15(9-13)27-2/h3,5,7,9-10,12,14H,4,6,8,11H2,1-2H3. The quantitative estimate of drug-likeness (QED) is 0.660. The van der Waals surface area contributed by atoms with Crippen LogP contribution in [-0.4, -0.2) is 53.6 Å². The fraction of sp³-hybridized carbons (Fsp3) is 0.350. The Labute approximate surface area is 166 Å². The Morgan fingerprint density at radius 2 is 2.21 bits per heavy atom. The molecule has 0 bridgehead atoms. The van der Waals surface area contributed by atoms with E-state index >= 15 is 0 Å². The summed E-state index contributed by atoms with van der Waals surface area (Å²) >= 11 is 1.36. The van der Waals surface area contributed by atoms with Gasteiger partial charge in [-0.15, -0.1) is 11.3 Å². The highest BCUT2D eigenvalue weighted by Crippen LogP contribution is 2.27. The van der Waals surface area contributed by atoms with E-state index in [9.17, 15) is 9.59 Å². The summed E-state index contributed by atoms with van der Waals surface area (Å²) in [5, 5.41) is 1.87. The monoisotopic (exact) mass is 399 g/mol. The zero-order valence-electron chi connectivity index (χ0n) is 15.8. The molecule has 0 spiro atoms. The van der Waals surface area contributed by atoms with Crippen LogP contribution in [0.4, 0.5) is 0 Å². The van der Waals surface area contributed by atoms with Gasteiger partial charge in [0.2, 0.25) is 0 Å². The van der Waals surface area contributed by atoms with E-state index < -0.39 is 0 Å². The minimum atomic E-state index is -0.350. The number of hydrogen-bond donors (Lipinski definition) is 0. The zero-order valence-corrected chi connectivity index (χ0v) is 16.6. The van der Waals surface area contributed by atoms with Gasteiger partial charge in [0.1, 0.15) is 11.3 Å². The molecule has 1 amide bonds. The highest BCUT2D eigenvalue weighted by molar-refractivity contribution is 7.15. The number of rotatable bonds is 5. The van der Waals surface area contributed by atoms with Crippen LogP contribution in [0.1, 0.15) is 23.2 Å². The van der Waals surface area contributed by atoms with Crippen molar-refractivity contribution >= 4 is 22.2 Å². The number of hydrogen-bond acceptors (Lipinski definition) is 6. The molecule has 1 aromatic carbocycles. The van der Waals surface area contributed by atoms with Gasteiger partial charge in [-0.2, -0.15) is 0 Å². The van der Waals surface area contributed by atoms with Gasteiger partial charge in [-0.3, -0.25) is 14.0 Å². The number of likely N-dealkylation sites (tertiary alicyclic amines) is 1. The lowest BCUT2D eigenvalue weighted by Crippen LogP contribution is -2.41. The Bertz CT molecular complexity index is 1070. The Morgan fingerprint density at radius 3 is 3.00 bits per heavy atom. The van der Waals surface area contributed by atoms with Crippen LogP contribution in [0, 0.1) is 0 Å². The fourth-order valence-corrected chi connectivity index (χ4v) is 4.51. The van der Waals surface area contributed by atoms with Crippen molar-refractivity contribution in [3.8, 4) is 17.0 Å². The van der Waals surface area contributed by atoms with Crippen LogP contribution in [0.15, 0.2) is 40.6 Å². The second kappa shape index (κ2) is 7.73. The first-order chi connectivity index (χ1) is 13.6. The minimum absolute atomic E-state index is 0.00192. The summed E-state index contributed by atoms with van der Waals surface area (Å²) in [6.07, 6.45) is 3.18. The zero-order chi connectivity index (χ0) is 19.7. The van der Waals surface area contributed by atoms with Crippen LogP contribution in [0.5, 0.6) is 5.75 Å². The SMILES string of the molecule is COCC1CCCN1C(=O)c1cnc2scc(-c3cccc(OC)c3)n2c1=O. The van der Waals surface area contributed by atoms with Crippen molar-refractivity contribution in [1.29, 1.82) is 0 Å². The van der Waals surface area contributed by atoms with Crippen molar-refractivity contribution < 1.29 is 14.3 Å². The Hall–Kier alpha value is -2.71. The number of benzene rings is 1. The first-order valence-corrected chi connectivity index (χ1v) is 9.95. The summed E-state index contributed by atoms with van der Waals surface area (Å²) in [7, 11) is 3.22. The summed E-state index contributed by atoms with van der Waals surface area (Å²) in [6.45, 7) is 1.09.